The predicted molar refractivity (Wildman–Crippen MR) is 70.0 cm³/mol. The number of ketones is 1. The lowest BCUT2D eigenvalue weighted by Crippen LogP contribution is -2.64. The summed E-state index contributed by atoms with van der Waals surface area (Å²) in [5.41, 5.74) is 1.70. The van der Waals surface area contributed by atoms with Crippen molar-refractivity contribution in [3.63, 3.8) is 0 Å². The van der Waals surface area contributed by atoms with Gasteiger partial charge >= 0.3 is 0 Å². The van der Waals surface area contributed by atoms with Crippen molar-refractivity contribution in [2.75, 3.05) is 6.61 Å². The van der Waals surface area contributed by atoms with Crippen LogP contribution in [0.15, 0.2) is 30.3 Å². The molecule has 8 nitrogen and oxygen atoms in total. The van der Waals surface area contributed by atoms with Crippen LogP contribution in [-0.2, 0) is 4.79 Å². The number of rotatable bonds is 7. The van der Waals surface area contributed by atoms with Gasteiger partial charge in [0.15, 0.2) is 0 Å². The van der Waals surface area contributed by atoms with Gasteiger partial charge in [-0.1, -0.05) is 30.3 Å². The van der Waals surface area contributed by atoms with Crippen LogP contribution in [-0.4, -0.2) is 67.7 Å². The Morgan fingerprint density at radius 3 is 2.10 bits per heavy atom. The predicted octanol–water partition coefficient (Wildman–Crippen LogP) is -2.84. The van der Waals surface area contributed by atoms with E-state index in [1.54, 1.807) is 6.07 Å². The Bertz CT molecular complexity index is 507. The molecule has 0 aliphatic carbocycles. The summed E-state index contributed by atoms with van der Waals surface area (Å²) in [6.45, 7) is -0.952. The highest BCUT2D eigenvalue weighted by molar-refractivity contribution is 6.17. The summed E-state index contributed by atoms with van der Waals surface area (Å²) in [6, 6.07) is 7.05. The van der Waals surface area contributed by atoms with Crippen molar-refractivity contribution in [2.45, 2.75) is 23.9 Å². The molecule has 1 rings (SSSR count). The molecule has 116 valence electrons. The number of primary amides is 1. The summed E-state index contributed by atoms with van der Waals surface area (Å²) >= 11 is 0. The molecule has 0 spiro atoms. The molecule has 0 aromatic heterocycles. The molecule has 0 unspecified atom stereocenters. The van der Waals surface area contributed by atoms with Crippen molar-refractivity contribution in [1.82, 2.24) is 0 Å². The Balaban J connectivity index is 3.20. The van der Waals surface area contributed by atoms with Crippen molar-refractivity contribution < 1.29 is 35.1 Å². The normalized spacial score (nSPS) is 18.3. The first-order valence-corrected chi connectivity index (χ1v) is 6.04. The van der Waals surface area contributed by atoms with Gasteiger partial charge in [0.1, 0.15) is 18.3 Å². The minimum Gasteiger partial charge on any atom is -0.394 e. The third-order valence-electron chi connectivity index (χ3n) is 3.09. The summed E-state index contributed by atoms with van der Waals surface area (Å²) < 4.78 is 0. The average Bonchev–Trinajstić information content (AvgIpc) is 2.51. The average molecular weight is 299 g/mol. The third-order valence-corrected chi connectivity index (χ3v) is 3.09. The number of nitrogens with two attached hydrogens (primary N) is 1. The molecule has 0 bridgehead atoms. The fraction of sp³-hybridized carbons (Fsp3) is 0.385. The minimum absolute atomic E-state index is 0.122. The van der Waals surface area contributed by atoms with Crippen LogP contribution in [0.3, 0.4) is 0 Å². The number of Topliss-reactive ketones (excluding diaryl/α,β-unsaturated/α-hetero) is 1. The Morgan fingerprint density at radius 2 is 1.67 bits per heavy atom. The van der Waals surface area contributed by atoms with Gasteiger partial charge in [0, 0.05) is 5.56 Å². The molecule has 1 aromatic carbocycles. The van der Waals surface area contributed by atoms with Gasteiger partial charge in [-0.05, 0) is 0 Å². The van der Waals surface area contributed by atoms with Crippen molar-refractivity contribution >= 4 is 11.7 Å². The van der Waals surface area contributed by atoms with Gasteiger partial charge < -0.3 is 31.3 Å². The van der Waals surface area contributed by atoms with E-state index >= 15 is 0 Å². The monoisotopic (exact) mass is 299 g/mol. The van der Waals surface area contributed by atoms with Gasteiger partial charge in [-0.15, -0.1) is 0 Å². The van der Waals surface area contributed by atoms with E-state index in [4.69, 9.17) is 10.8 Å². The lowest BCUT2D eigenvalue weighted by atomic mass is 9.83. The van der Waals surface area contributed by atoms with Crippen LogP contribution >= 0.6 is 0 Å². The number of hydrogen-bond donors (Lipinski definition) is 6. The standard InChI is InChI=1S/C13H17NO7/c14-12(20)13(21,11(19)9(17)8(16)6-15)10(18)7-4-2-1-3-5-7/h1-5,8-9,11,15-17,19,21H,6H2,(H2,14,20)/t8-,9-,11+,13-/m1/s1. The summed E-state index contributed by atoms with van der Waals surface area (Å²) in [7, 11) is 0. The van der Waals surface area contributed by atoms with E-state index in [2.05, 4.69) is 0 Å². The maximum atomic E-state index is 12.2. The molecule has 0 saturated carbocycles. The number of aliphatic hydroxyl groups is 5. The molecular formula is C13H17NO7. The Kier molecular flexibility index (Phi) is 5.53. The fourth-order valence-corrected chi connectivity index (χ4v) is 1.77. The zero-order chi connectivity index (χ0) is 16.2. The van der Waals surface area contributed by atoms with Gasteiger partial charge in [0.25, 0.3) is 5.91 Å². The Labute approximate surface area is 120 Å². The van der Waals surface area contributed by atoms with Crippen molar-refractivity contribution in [3.05, 3.63) is 35.9 Å². The van der Waals surface area contributed by atoms with E-state index in [9.17, 15) is 30.0 Å². The van der Waals surface area contributed by atoms with E-state index in [0.29, 0.717) is 0 Å². The first kappa shape index (κ1) is 17.2. The Morgan fingerprint density at radius 1 is 1.14 bits per heavy atom. The van der Waals surface area contributed by atoms with E-state index in [0.717, 1.165) is 0 Å². The molecular weight excluding hydrogens is 282 g/mol. The zero-order valence-corrected chi connectivity index (χ0v) is 11.0. The Hall–Kier alpha value is -1.84. The fourth-order valence-electron chi connectivity index (χ4n) is 1.77. The van der Waals surface area contributed by atoms with Gasteiger partial charge in [0.2, 0.25) is 11.4 Å². The molecule has 0 heterocycles. The molecule has 0 radical (unpaired) electrons. The molecule has 1 aromatic rings. The third kappa shape index (κ3) is 3.26. The van der Waals surface area contributed by atoms with E-state index in [1.165, 1.54) is 24.3 Å². The van der Waals surface area contributed by atoms with Crippen LogP contribution in [0.2, 0.25) is 0 Å². The second-order valence-electron chi connectivity index (χ2n) is 4.51. The smallest absolute Gasteiger partial charge is 0.260 e. The summed E-state index contributed by atoms with van der Waals surface area (Å²) in [5.74, 6) is -2.82. The van der Waals surface area contributed by atoms with Crippen LogP contribution in [0.25, 0.3) is 0 Å². The van der Waals surface area contributed by atoms with Crippen LogP contribution in [0, 0.1) is 0 Å². The lowest BCUT2D eigenvalue weighted by molar-refractivity contribution is -0.161. The second-order valence-corrected chi connectivity index (χ2v) is 4.51. The molecule has 4 atom stereocenters. The van der Waals surface area contributed by atoms with Crippen molar-refractivity contribution in [1.29, 1.82) is 0 Å². The summed E-state index contributed by atoms with van der Waals surface area (Å²) in [4.78, 5) is 23.6. The SMILES string of the molecule is NC(=O)[C@@](O)(C(=O)c1ccccc1)[C@@H](O)[C@H](O)[C@H](O)CO. The number of hydrogen-bond acceptors (Lipinski definition) is 7. The topological polar surface area (TPSA) is 161 Å². The van der Waals surface area contributed by atoms with Gasteiger partial charge in [0.05, 0.1) is 6.61 Å². The van der Waals surface area contributed by atoms with E-state index < -0.39 is 42.2 Å². The molecule has 7 N–H and O–H groups in total. The molecule has 0 aliphatic heterocycles. The highest BCUT2D eigenvalue weighted by Gasteiger charge is 2.53. The largest absolute Gasteiger partial charge is 0.394 e. The van der Waals surface area contributed by atoms with Crippen molar-refractivity contribution in [2.24, 2.45) is 5.73 Å². The highest BCUT2D eigenvalue weighted by atomic mass is 16.4. The van der Waals surface area contributed by atoms with Crippen LogP contribution in [0.4, 0.5) is 0 Å². The maximum Gasteiger partial charge on any atom is 0.260 e. The number of aliphatic hydroxyl groups excluding tert-OH is 4. The first-order valence-electron chi connectivity index (χ1n) is 6.04. The number of carbonyl (C=O) groups excluding carboxylic acids is 2. The zero-order valence-electron chi connectivity index (χ0n) is 11.0. The van der Waals surface area contributed by atoms with Crippen LogP contribution in [0.5, 0.6) is 0 Å². The summed E-state index contributed by atoms with van der Waals surface area (Å²) in [5, 5.41) is 47.6. The van der Waals surface area contributed by atoms with Crippen LogP contribution < -0.4 is 5.73 Å². The maximum absolute atomic E-state index is 12.2. The van der Waals surface area contributed by atoms with Crippen LogP contribution in [0.1, 0.15) is 10.4 Å². The van der Waals surface area contributed by atoms with Gasteiger partial charge in [-0.25, -0.2) is 0 Å². The first-order chi connectivity index (χ1) is 9.76. The number of benzene rings is 1. The van der Waals surface area contributed by atoms with Gasteiger partial charge in [-0.3, -0.25) is 9.59 Å². The molecule has 0 aliphatic rings. The quantitative estimate of drug-likeness (QED) is 0.233. The minimum atomic E-state index is -3.14. The van der Waals surface area contributed by atoms with Gasteiger partial charge in [-0.2, -0.15) is 0 Å². The van der Waals surface area contributed by atoms with E-state index in [1.807, 2.05) is 0 Å². The second kappa shape index (κ2) is 6.74. The number of carbonyl (C=O) groups is 2. The molecule has 8 heteroatoms. The summed E-state index contributed by atoms with van der Waals surface area (Å²) in [6.07, 6.45) is -6.43. The lowest BCUT2D eigenvalue weighted by Gasteiger charge is -2.32. The molecule has 0 saturated heterocycles. The van der Waals surface area contributed by atoms with E-state index in [-0.39, 0.29) is 5.56 Å². The van der Waals surface area contributed by atoms with Crippen molar-refractivity contribution in [3.8, 4) is 0 Å². The molecule has 0 fully saturated rings. The molecule has 21 heavy (non-hydrogen) atoms. The highest BCUT2D eigenvalue weighted by Crippen LogP contribution is 2.21. The number of amides is 1. The molecule has 1 amide bonds.